The zero-order valence-electron chi connectivity index (χ0n) is 17.8. The molecule has 1 fully saturated rings. The largest absolute Gasteiger partial charge is 0.450 e. The number of amides is 1. The number of aromatic nitrogens is 3. The van der Waals surface area contributed by atoms with E-state index in [4.69, 9.17) is 14.7 Å². The Balaban J connectivity index is 1.55. The van der Waals surface area contributed by atoms with Crippen LogP contribution in [0.2, 0.25) is 0 Å². The molecule has 8 heteroatoms. The van der Waals surface area contributed by atoms with Crippen molar-refractivity contribution >= 4 is 43.7 Å². The molecule has 0 saturated carbocycles. The van der Waals surface area contributed by atoms with E-state index >= 15 is 0 Å². The Kier molecular flexibility index (Phi) is 4.97. The van der Waals surface area contributed by atoms with Crippen LogP contribution in [0.4, 0.5) is 10.6 Å². The molecule has 3 aromatic heterocycles. The van der Waals surface area contributed by atoms with Crippen molar-refractivity contribution in [3.63, 3.8) is 0 Å². The summed E-state index contributed by atoms with van der Waals surface area (Å²) in [5.74, 6) is 1.39. The molecule has 1 aliphatic heterocycles. The highest BCUT2D eigenvalue weighted by molar-refractivity contribution is 7.26. The van der Waals surface area contributed by atoms with Crippen LogP contribution in [0.25, 0.3) is 20.4 Å². The van der Waals surface area contributed by atoms with Crippen molar-refractivity contribution in [1.29, 1.82) is 0 Å². The van der Waals surface area contributed by atoms with E-state index < -0.39 is 0 Å². The molecule has 0 bridgehead atoms. The van der Waals surface area contributed by atoms with Crippen LogP contribution in [0.15, 0.2) is 6.33 Å². The molecule has 1 saturated heterocycles. The molecule has 4 heterocycles. The van der Waals surface area contributed by atoms with Gasteiger partial charge in [0.15, 0.2) is 0 Å². The zero-order valence-corrected chi connectivity index (χ0v) is 18.6. The molecule has 7 nitrogen and oxygen atoms in total. The highest BCUT2D eigenvalue weighted by atomic mass is 32.1. The first-order valence-corrected chi connectivity index (χ1v) is 11.7. The van der Waals surface area contributed by atoms with E-state index in [1.807, 2.05) is 6.92 Å². The van der Waals surface area contributed by atoms with Crippen LogP contribution in [0, 0.1) is 0 Å². The van der Waals surface area contributed by atoms with Gasteiger partial charge in [0, 0.05) is 37.3 Å². The second-order valence-corrected chi connectivity index (χ2v) is 9.29. The van der Waals surface area contributed by atoms with Crippen LogP contribution in [0.1, 0.15) is 49.9 Å². The van der Waals surface area contributed by atoms with Crippen LogP contribution in [0.3, 0.4) is 0 Å². The van der Waals surface area contributed by atoms with Crippen LogP contribution >= 0.6 is 11.3 Å². The fraction of sp³-hybridized carbons (Fsp3) is 0.545. The Bertz CT molecular complexity index is 1120. The fourth-order valence-electron chi connectivity index (χ4n) is 4.73. The lowest BCUT2D eigenvalue weighted by Gasteiger charge is -2.34. The third kappa shape index (κ3) is 3.09. The maximum atomic E-state index is 12.0. The summed E-state index contributed by atoms with van der Waals surface area (Å²) >= 11 is 1.71. The molecule has 0 spiro atoms. The average molecular weight is 426 g/mol. The molecule has 0 unspecified atom stereocenters. The minimum atomic E-state index is -0.229. The van der Waals surface area contributed by atoms with Gasteiger partial charge in [-0.25, -0.2) is 19.7 Å². The smallest absolute Gasteiger partial charge is 0.409 e. The number of carbonyl (C=O) groups is 1. The summed E-state index contributed by atoms with van der Waals surface area (Å²) in [6.07, 6.45) is 4.88. The van der Waals surface area contributed by atoms with Gasteiger partial charge in [-0.1, -0.05) is 13.8 Å². The highest BCUT2D eigenvalue weighted by Crippen LogP contribution is 2.43. The van der Waals surface area contributed by atoms with Gasteiger partial charge in [-0.05, 0) is 43.2 Å². The van der Waals surface area contributed by atoms with Crippen LogP contribution in [-0.2, 0) is 17.6 Å². The minimum Gasteiger partial charge on any atom is -0.450 e. The molecule has 0 N–H and O–H groups in total. The quantitative estimate of drug-likeness (QED) is 0.628. The third-order valence-electron chi connectivity index (χ3n) is 6.14. The number of thiophene rings is 1. The molecule has 158 valence electrons. The minimum absolute atomic E-state index is 0.229. The number of pyridine rings is 1. The van der Waals surface area contributed by atoms with Gasteiger partial charge in [0.2, 0.25) is 0 Å². The van der Waals surface area contributed by atoms with Crippen molar-refractivity contribution in [2.75, 3.05) is 37.7 Å². The van der Waals surface area contributed by atoms with E-state index in [9.17, 15) is 4.79 Å². The second kappa shape index (κ2) is 7.65. The third-order valence-corrected chi connectivity index (χ3v) is 7.21. The number of nitrogens with zero attached hydrogens (tertiary/aromatic N) is 5. The highest BCUT2D eigenvalue weighted by Gasteiger charge is 2.28. The number of aryl methyl sites for hydroxylation is 1. The molecule has 0 radical (unpaired) electrons. The van der Waals surface area contributed by atoms with Crippen LogP contribution < -0.4 is 4.90 Å². The average Bonchev–Trinajstić information content (AvgIpc) is 3.37. The van der Waals surface area contributed by atoms with Gasteiger partial charge in [0.25, 0.3) is 0 Å². The number of carbonyl (C=O) groups excluding carboxylic acids is 1. The lowest BCUT2D eigenvalue weighted by molar-refractivity contribution is 0.105. The maximum absolute atomic E-state index is 12.0. The summed E-state index contributed by atoms with van der Waals surface area (Å²) in [7, 11) is 0. The van der Waals surface area contributed by atoms with Gasteiger partial charge >= 0.3 is 6.09 Å². The first-order valence-electron chi connectivity index (χ1n) is 10.8. The predicted molar refractivity (Wildman–Crippen MR) is 120 cm³/mol. The Labute approximate surface area is 180 Å². The van der Waals surface area contributed by atoms with Gasteiger partial charge in [-0.2, -0.15) is 0 Å². The number of piperazine rings is 1. The molecule has 1 amide bonds. The van der Waals surface area contributed by atoms with E-state index in [2.05, 4.69) is 23.7 Å². The molecular weight excluding hydrogens is 398 g/mol. The van der Waals surface area contributed by atoms with Gasteiger partial charge < -0.3 is 14.5 Å². The number of rotatable bonds is 3. The second-order valence-electron chi connectivity index (χ2n) is 8.29. The van der Waals surface area contributed by atoms with Gasteiger partial charge in [0.05, 0.1) is 16.8 Å². The first-order chi connectivity index (χ1) is 14.6. The zero-order chi connectivity index (χ0) is 20.8. The van der Waals surface area contributed by atoms with Crippen LogP contribution in [-0.4, -0.2) is 58.7 Å². The summed E-state index contributed by atoms with van der Waals surface area (Å²) in [4.78, 5) is 31.6. The summed E-state index contributed by atoms with van der Waals surface area (Å²) in [6, 6.07) is 0. The molecule has 30 heavy (non-hydrogen) atoms. The standard InChI is InChI=1S/C22H27N5O2S/c1-4-29-22(28)27-10-8-26(9-11-27)20-19-18(23-12-24-20)16-14-6-5-7-15(14)17(13(2)3)25-21(16)30-19/h12-13H,4-11H2,1-3H3. The predicted octanol–water partition coefficient (Wildman–Crippen LogP) is 4.13. The Morgan fingerprint density at radius 3 is 2.67 bits per heavy atom. The maximum Gasteiger partial charge on any atom is 0.409 e. The van der Waals surface area contributed by atoms with Crippen molar-refractivity contribution in [3.8, 4) is 0 Å². The Hall–Kier alpha value is -2.48. The molecule has 1 aliphatic carbocycles. The number of ether oxygens (including phenoxy) is 1. The summed E-state index contributed by atoms with van der Waals surface area (Å²) in [6.45, 7) is 9.46. The molecule has 0 atom stereocenters. The lowest BCUT2D eigenvalue weighted by Crippen LogP contribution is -2.49. The van der Waals surface area contributed by atoms with Crippen molar-refractivity contribution in [2.45, 2.75) is 46.0 Å². The normalized spacial score (nSPS) is 16.7. The molecule has 5 rings (SSSR count). The van der Waals surface area contributed by atoms with Gasteiger partial charge in [-0.15, -0.1) is 11.3 Å². The van der Waals surface area contributed by atoms with E-state index in [0.717, 1.165) is 46.8 Å². The van der Waals surface area contributed by atoms with E-state index in [0.29, 0.717) is 25.6 Å². The van der Waals surface area contributed by atoms with E-state index in [-0.39, 0.29) is 6.09 Å². The monoisotopic (exact) mass is 425 g/mol. The van der Waals surface area contributed by atoms with Crippen molar-refractivity contribution < 1.29 is 9.53 Å². The summed E-state index contributed by atoms with van der Waals surface area (Å²) in [5, 5.41) is 1.24. The number of hydrogen-bond acceptors (Lipinski definition) is 7. The van der Waals surface area contributed by atoms with Crippen molar-refractivity contribution in [1.82, 2.24) is 19.9 Å². The molecule has 3 aromatic rings. The number of hydrogen-bond donors (Lipinski definition) is 0. The summed E-state index contributed by atoms with van der Waals surface area (Å²) in [5.41, 5.74) is 5.18. The topological polar surface area (TPSA) is 71.5 Å². The van der Waals surface area contributed by atoms with Gasteiger partial charge in [-0.3, -0.25) is 0 Å². The summed E-state index contributed by atoms with van der Waals surface area (Å²) < 4.78 is 6.25. The van der Waals surface area contributed by atoms with Crippen LogP contribution in [0.5, 0.6) is 0 Å². The van der Waals surface area contributed by atoms with E-state index in [1.54, 1.807) is 22.6 Å². The first kappa shape index (κ1) is 19.5. The Morgan fingerprint density at radius 1 is 1.17 bits per heavy atom. The molecule has 0 aromatic carbocycles. The van der Waals surface area contributed by atoms with Crippen molar-refractivity contribution in [2.24, 2.45) is 0 Å². The molecular formula is C22H27N5O2S. The Morgan fingerprint density at radius 2 is 1.93 bits per heavy atom. The number of fused-ring (bicyclic) bond motifs is 5. The molecule has 2 aliphatic rings. The fourth-order valence-corrected chi connectivity index (χ4v) is 5.92. The SMILES string of the molecule is CCOC(=O)N1CCN(c2ncnc3c2sc2nc(C(C)C)c4c(c23)CCC4)CC1. The number of anilines is 1. The van der Waals surface area contributed by atoms with Gasteiger partial charge in [0.1, 0.15) is 17.0 Å². The van der Waals surface area contributed by atoms with Crippen molar-refractivity contribution in [3.05, 3.63) is 23.1 Å². The lowest BCUT2D eigenvalue weighted by atomic mass is 9.99. The van der Waals surface area contributed by atoms with E-state index in [1.165, 1.54) is 28.6 Å².